The highest BCUT2D eigenvalue weighted by Crippen LogP contribution is 2.25. The molecular formula is C23H26INO. The molecule has 1 heterocycles. The van der Waals surface area contributed by atoms with Crippen molar-refractivity contribution in [3.8, 4) is 0 Å². The molecule has 1 aromatic heterocycles. The Morgan fingerprint density at radius 2 is 1.62 bits per heavy atom. The fourth-order valence-electron chi connectivity index (χ4n) is 3.43. The van der Waals surface area contributed by atoms with Gasteiger partial charge in [-0.25, -0.2) is 0 Å². The maximum Gasteiger partial charge on any atom is 0.195 e. The van der Waals surface area contributed by atoms with Crippen molar-refractivity contribution in [2.75, 3.05) is 0 Å². The van der Waals surface area contributed by atoms with Crippen molar-refractivity contribution in [2.24, 2.45) is 0 Å². The van der Waals surface area contributed by atoms with Crippen LogP contribution in [0.15, 0.2) is 54.7 Å². The zero-order chi connectivity index (χ0) is 18.4. The first-order chi connectivity index (χ1) is 12.7. The van der Waals surface area contributed by atoms with Crippen molar-refractivity contribution in [2.45, 2.75) is 52.0 Å². The van der Waals surface area contributed by atoms with Gasteiger partial charge in [-0.05, 0) is 59.3 Å². The second kappa shape index (κ2) is 9.36. The molecule has 2 aromatic carbocycles. The fourth-order valence-corrected chi connectivity index (χ4v) is 3.79. The van der Waals surface area contributed by atoms with Crippen LogP contribution in [0.1, 0.15) is 61.4 Å². The lowest BCUT2D eigenvalue weighted by Crippen LogP contribution is -2.01. The monoisotopic (exact) mass is 459 g/mol. The standard InChI is InChI=1S/C23H26INO/c1-2-3-4-5-6-9-16-25-17-21(20-10-7-8-11-22(20)25)23(26)18-12-14-19(24)15-13-18/h7-8,10-15,17H,2-6,9,16H2,1H3. The van der Waals surface area contributed by atoms with Crippen LogP contribution >= 0.6 is 22.6 Å². The van der Waals surface area contributed by atoms with Crippen LogP contribution in [-0.2, 0) is 6.54 Å². The first kappa shape index (κ1) is 19.2. The average molecular weight is 459 g/mol. The van der Waals surface area contributed by atoms with E-state index in [9.17, 15) is 4.79 Å². The van der Waals surface area contributed by atoms with Crippen LogP contribution in [0.4, 0.5) is 0 Å². The third kappa shape index (κ3) is 4.56. The van der Waals surface area contributed by atoms with Gasteiger partial charge in [-0.3, -0.25) is 4.79 Å². The Morgan fingerprint density at radius 1 is 0.923 bits per heavy atom. The average Bonchev–Trinajstić information content (AvgIpc) is 3.03. The van der Waals surface area contributed by atoms with E-state index in [0.717, 1.165) is 32.1 Å². The number of rotatable bonds is 9. The van der Waals surface area contributed by atoms with Crippen LogP contribution in [0.3, 0.4) is 0 Å². The Balaban J connectivity index is 1.78. The Hall–Kier alpha value is -1.62. The summed E-state index contributed by atoms with van der Waals surface area (Å²) in [4.78, 5) is 13.0. The normalized spacial score (nSPS) is 11.2. The van der Waals surface area contributed by atoms with Gasteiger partial charge in [0, 0.05) is 38.3 Å². The predicted molar refractivity (Wildman–Crippen MR) is 118 cm³/mol. The number of hydrogen-bond acceptors (Lipinski definition) is 1. The first-order valence-electron chi connectivity index (χ1n) is 9.59. The smallest absolute Gasteiger partial charge is 0.195 e. The molecule has 26 heavy (non-hydrogen) atoms. The minimum absolute atomic E-state index is 0.110. The van der Waals surface area contributed by atoms with Gasteiger partial charge in [-0.2, -0.15) is 0 Å². The topological polar surface area (TPSA) is 22.0 Å². The minimum Gasteiger partial charge on any atom is -0.347 e. The van der Waals surface area contributed by atoms with Gasteiger partial charge in [0.25, 0.3) is 0 Å². The van der Waals surface area contributed by atoms with E-state index in [1.807, 2.05) is 30.3 Å². The van der Waals surface area contributed by atoms with E-state index < -0.39 is 0 Å². The number of carbonyl (C=O) groups is 1. The molecule has 0 amide bonds. The third-order valence-electron chi connectivity index (χ3n) is 4.89. The Labute approximate surface area is 169 Å². The molecule has 0 N–H and O–H groups in total. The van der Waals surface area contributed by atoms with Gasteiger partial charge in [0.1, 0.15) is 0 Å². The van der Waals surface area contributed by atoms with E-state index in [2.05, 4.69) is 58.5 Å². The van der Waals surface area contributed by atoms with Gasteiger partial charge in [0.15, 0.2) is 5.78 Å². The first-order valence-corrected chi connectivity index (χ1v) is 10.7. The molecule has 0 bridgehead atoms. The number of unbranched alkanes of at least 4 members (excludes halogenated alkanes) is 5. The lowest BCUT2D eigenvalue weighted by atomic mass is 10.0. The van der Waals surface area contributed by atoms with Crippen molar-refractivity contribution in [1.82, 2.24) is 4.57 Å². The molecule has 2 nitrogen and oxygen atoms in total. The van der Waals surface area contributed by atoms with Crippen LogP contribution in [0.25, 0.3) is 10.9 Å². The maximum absolute atomic E-state index is 13.0. The van der Waals surface area contributed by atoms with Crippen molar-refractivity contribution in [3.05, 3.63) is 69.4 Å². The molecule has 0 fully saturated rings. The second-order valence-electron chi connectivity index (χ2n) is 6.86. The van der Waals surface area contributed by atoms with Crippen molar-refractivity contribution < 1.29 is 4.79 Å². The van der Waals surface area contributed by atoms with Gasteiger partial charge in [-0.1, -0.05) is 57.2 Å². The number of para-hydroxylation sites is 1. The van der Waals surface area contributed by atoms with E-state index in [1.165, 1.54) is 38.5 Å². The van der Waals surface area contributed by atoms with E-state index in [-0.39, 0.29) is 5.78 Å². The highest BCUT2D eigenvalue weighted by atomic mass is 127. The summed E-state index contributed by atoms with van der Waals surface area (Å²) in [7, 11) is 0. The fraction of sp³-hybridized carbons (Fsp3) is 0.348. The van der Waals surface area contributed by atoms with Crippen LogP contribution in [-0.4, -0.2) is 10.4 Å². The molecule has 3 heteroatoms. The molecule has 0 atom stereocenters. The highest BCUT2D eigenvalue weighted by Gasteiger charge is 2.16. The summed E-state index contributed by atoms with van der Waals surface area (Å²) in [5, 5.41) is 1.06. The highest BCUT2D eigenvalue weighted by molar-refractivity contribution is 14.1. The number of carbonyl (C=O) groups excluding carboxylic acids is 1. The number of hydrogen-bond donors (Lipinski definition) is 0. The Bertz CT molecular complexity index is 864. The van der Waals surface area contributed by atoms with Crippen molar-refractivity contribution >= 4 is 39.3 Å². The molecule has 0 spiro atoms. The van der Waals surface area contributed by atoms with Crippen LogP contribution in [0, 0.1) is 3.57 Å². The second-order valence-corrected chi connectivity index (χ2v) is 8.10. The van der Waals surface area contributed by atoms with Gasteiger partial charge in [0.05, 0.1) is 0 Å². The molecule has 0 aliphatic rings. The number of fused-ring (bicyclic) bond motifs is 1. The Morgan fingerprint density at radius 3 is 2.38 bits per heavy atom. The largest absolute Gasteiger partial charge is 0.347 e. The molecule has 0 aliphatic carbocycles. The summed E-state index contributed by atoms with van der Waals surface area (Å²) in [6.07, 6.45) is 9.73. The number of benzene rings is 2. The van der Waals surface area contributed by atoms with Crippen LogP contribution < -0.4 is 0 Å². The zero-order valence-electron chi connectivity index (χ0n) is 15.4. The van der Waals surface area contributed by atoms with Crippen LogP contribution in [0.2, 0.25) is 0 Å². The van der Waals surface area contributed by atoms with E-state index >= 15 is 0 Å². The molecule has 136 valence electrons. The van der Waals surface area contributed by atoms with Gasteiger partial charge in [0.2, 0.25) is 0 Å². The molecule has 0 aliphatic heterocycles. The summed E-state index contributed by atoms with van der Waals surface area (Å²) in [5.41, 5.74) is 2.73. The lowest BCUT2D eigenvalue weighted by Gasteiger charge is -2.05. The van der Waals surface area contributed by atoms with E-state index in [1.54, 1.807) is 0 Å². The van der Waals surface area contributed by atoms with Crippen LogP contribution in [0.5, 0.6) is 0 Å². The zero-order valence-corrected chi connectivity index (χ0v) is 17.5. The SMILES string of the molecule is CCCCCCCCn1cc(C(=O)c2ccc(I)cc2)c2ccccc21. The van der Waals surface area contributed by atoms with Gasteiger partial charge >= 0.3 is 0 Å². The molecule has 0 saturated carbocycles. The quantitative estimate of drug-likeness (QED) is 0.195. The molecule has 0 radical (unpaired) electrons. The number of aromatic nitrogens is 1. The molecule has 3 aromatic rings. The van der Waals surface area contributed by atoms with Crippen molar-refractivity contribution in [1.29, 1.82) is 0 Å². The Kier molecular flexibility index (Phi) is 6.89. The van der Waals surface area contributed by atoms with Gasteiger partial charge in [-0.15, -0.1) is 0 Å². The number of aryl methyl sites for hydroxylation is 1. The molecule has 0 saturated heterocycles. The molecule has 0 unspecified atom stereocenters. The summed E-state index contributed by atoms with van der Waals surface area (Å²) in [6.45, 7) is 3.23. The maximum atomic E-state index is 13.0. The third-order valence-corrected chi connectivity index (χ3v) is 5.61. The number of ketones is 1. The lowest BCUT2D eigenvalue weighted by molar-refractivity contribution is 0.104. The summed E-state index contributed by atoms with van der Waals surface area (Å²) >= 11 is 2.26. The molecule has 3 rings (SSSR count). The number of nitrogens with zero attached hydrogens (tertiary/aromatic N) is 1. The van der Waals surface area contributed by atoms with E-state index in [0.29, 0.717) is 0 Å². The van der Waals surface area contributed by atoms with Gasteiger partial charge < -0.3 is 4.57 Å². The van der Waals surface area contributed by atoms with E-state index in [4.69, 9.17) is 0 Å². The van der Waals surface area contributed by atoms with Crippen molar-refractivity contribution in [3.63, 3.8) is 0 Å². The minimum atomic E-state index is 0.110. The molecular weight excluding hydrogens is 433 g/mol. The predicted octanol–water partition coefficient (Wildman–Crippen LogP) is 6.84. The summed E-state index contributed by atoms with van der Waals surface area (Å²) in [5.74, 6) is 0.110. The summed E-state index contributed by atoms with van der Waals surface area (Å²) < 4.78 is 3.40. The summed E-state index contributed by atoms with van der Waals surface area (Å²) in [6, 6.07) is 16.1. The number of halogens is 1.